The highest BCUT2D eigenvalue weighted by Gasteiger charge is 2.47. The first-order chi connectivity index (χ1) is 10.2. The van der Waals surface area contributed by atoms with Crippen molar-refractivity contribution in [3.05, 3.63) is 58.7 Å². The van der Waals surface area contributed by atoms with Crippen LogP contribution in [0.3, 0.4) is 0 Å². The molecule has 1 saturated carbocycles. The van der Waals surface area contributed by atoms with Crippen molar-refractivity contribution in [2.24, 2.45) is 5.41 Å². The SMILES string of the molecule is COC1C=C2CCC3(Cc4ccccc4C3)C(=O)C2=CC1. The maximum atomic E-state index is 13.1. The summed E-state index contributed by atoms with van der Waals surface area (Å²) in [6, 6.07) is 8.52. The Labute approximate surface area is 125 Å². The van der Waals surface area contributed by atoms with Crippen molar-refractivity contribution >= 4 is 5.78 Å². The molecule has 21 heavy (non-hydrogen) atoms. The Kier molecular flexibility index (Phi) is 2.90. The molecule has 0 bridgehead atoms. The van der Waals surface area contributed by atoms with Crippen LogP contribution in [-0.4, -0.2) is 19.0 Å². The van der Waals surface area contributed by atoms with Gasteiger partial charge in [0.05, 0.1) is 6.10 Å². The second-order valence-corrected chi connectivity index (χ2v) is 6.55. The molecule has 0 amide bonds. The summed E-state index contributed by atoms with van der Waals surface area (Å²) >= 11 is 0. The van der Waals surface area contributed by atoms with E-state index in [0.717, 1.165) is 37.7 Å². The molecule has 3 aliphatic rings. The predicted octanol–water partition coefficient (Wildman–Crippen LogP) is 3.41. The highest BCUT2D eigenvalue weighted by molar-refractivity contribution is 6.05. The highest BCUT2D eigenvalue weighted by Crippen LogP contribution is 2.49. The second-order valence-electron chi connectivity index (χ2n) is 6.55. The Balaban J connectivity index is 1.66. The number of carbonyl (C=O) groups is 1. The van der Waals surface area contributed by atoms with Gasteiger partial charge >= 0.3 is 0 Å². The zero-order valence-electron chi connectivity index (χ0n) is 12.4. The summed E-state index contributed by atoms with van der Waals surface area (Å²) in [5.74, 6) is 0.366. The van der Waals surface area contributed by atoms with E-state index < -0.39 is 0 Å². The molecule has 1 spiro atoms. The standard InChI is InChI=1S/C19H20O2/c1-21-16-6-7-17-13(10-16)8-9-19(18(17)20)11-14-4-2-3-5-15(14)12-19/h2-5,7,10,16H,6,8-9,11-12H2,1H3. The van der Waals surface area contributed by atoms with Crippen LogP contribution >= 0.6 is 0 Å². The van der Waals surface area contributed by atoms with Crippen molar-refractivity contribution < 1.29 is 9.53 Å². The van der Waals surface area contributed by atoms with Crippen molar-refractivity contribution in [3.8, 4) is 0 Å². The summed E-state index contributed by atoms with van der Waals surface area (Å²) < 4.78 is 5.41. The monoisotopic (exact) mass is 280 g/mol. The molecule has 1 fully saturated rings. The Hall–Kier alpha value is -1.67. The number of rotatable bonds is 1. The van der Waals surface area contributed by atoms with Crippen LogP contribution in [0.5, 0.6) is 0 Å². The summed E-state index contributed by atoms with van der Waals surface area (Å²) in [5, 5.41) is 0. The van der Waals surface area contributed by atoms with E-state index in [9.17, 15) is 4.79 Å². The van der Waals surface area contributed by atoms with Crippen LogP contribution < -0.4 is 0 Å². The molecular formula is C19H20O2. The van der Waals surface area contributed by atoms with E-state index in [2.05, 4.69) is 36.4 Å². The summed E-state index contributed by atoms with van der Waals surface area (Å²) in [4.78, 5) is 13.1. The number of carbonyl (C=O) groups excluding carboxylic acids is 1. The number of hydrogen-bond acceptors (Lipinski definition) is 2. The Bertz CT molecular complexity index is 641. The molecule has 0 heterocycles. The first kappa shape index (κ1) is 13.0. The lowest BCUT2D eigenvalue weighted by Gasteiger charge is -2.36. The molecule has 0 aliphatic heterocycles. The average Bonchev–Trinajstić information content (AvgIpc) is 2.90. The minimum absolute atomic E-state index is 0.145. The van der Waals surface area contributed by atoms with Gasteiger partial charge in [-0.05, 0) is 48.8 Å². The van der Waals surface area contributed by atoms with E-state index in [1.165, 1.54) is 16.7 Å². The molecule has 1 aromatic rings. The third-order valence-corrected chi connectivity index (χ3v) is 5.37. The van der Waals surface area contributed by atoms with Crippen molar-refractivity contribution in [3.63, 3.8) is 0 Å². The Morgan fingerprint density at radius 3 is 2.57 bits per heavy atom. The number of allylic oxidation sites excluding steroid dienone is 2. The first-order valence-corrected chi connectivity index (χ1v) is 7.77. The lowest BCUT2D eigenvalue weighted by atomic mass is 9.66. The largest absolute Gasteiger partial charge is 0.377 e. The number of fused-ring (bicyclic) bond motifs is 2. The quantitative estimate of drug-likeness (QED) is 0.788. The molecule has 0 aromatic heterocycles. The van der Waals surface area contributed by atoms with E-state index >= 15 is 0 Å². The number of ketones is 1. The minimum atomic E-state index is -0.174. The molecule has 108 valence electrons. The maximum Gasteiger partial charge on any atom is 0.169 e. The molecular weight excluding hydrogens is 260 g/mol. The molecule has 2 heteroatoms. The minimum Gasteiger partial charge on any atom is -0.377 e. The number of ether oxygens (including phenoxy) is 1. The van der Waals surface area contributed by atoms with Crippen LogP contribution in [0.2, 0.25) is 0 Å². The second kappa shape index (κ2) is 4.67. The van der Waals surface area contributed by atoms with Crippen LogP contribution in [0.25, 0.3) is 0 Å². The molecule has 3 aliphatic carbocycles. The fourth-order valence-electron chi connectivity index (χ4n) is 4.17. The zero-order valence-corrected chi connectivity index (χ0v) is 12.4. The lowest BCUT2D eigenvalue weighted by molar-refractivity contribution is -0.125. The van der Waals surface area contributed by atoms with Crippen molar-refractivity contribution in [1.82, 2.24) is 0 Å². The Morgan fingerprint density at radius 2 is 1.90 bits per heavy atom. The number of methoxy groups -OCH3 is 1. The van der Waals surface area contributed by atoms with Gasteiger partial charge in [0.2, 0.25) is 0 Å². The van der Waals surface area contributed by atoms with Gasteiger partial charge < -0.3 is 4.74 Å². The predicted molar refractivity (Wildman–Crippen MR) is 82.1 cm³/mol. The molecule has 0 N–H and O–H groups in total. The highest BCUT2D eigenvalue weighted by atomic mass is 16.5. The van der Waals surface area contributed by atoms with Gasteiger partial charge in [0, 0.05) is 18.1 Å². The summed E-state index contributed by atoms with van der Waals surface area (Å²) in [6.45, 7) is 0. The van der Waals surface area contributed by atoms with E-state index in [1.807, 2.05) is 0 Å². The van der Waals surface area contributed by atoms with Crippen LogP contribution in [-0.2, 0) is 22.4 Å². The molecule has 1 unspecified atom stereocenters. The summed E-state index contributed by atoms with van der Waals surface area (Å²) in [6.07, 6.45) is 9.04. The van der Waals surface area contributed by atoms with Gasteiger partial charge in [0.15, 0.2) is 5.78 Å². The smallest absolute Gasteiger partial charge is 0.169 e. The van der Waals surface area contributed by atoms with Gasteiger partial charge in [-0.25, -0.2) is 0 Å². The Morgan fingerprint density at radius 1 is 1.19 bits per heavy atom. The maximum absolute atomic E-state index is 13.1. The van der Waals surface area contributed by atoms with Crippen LogP contribution in [0.4, 0.5) is 0 Å². The van der Waals surface area contributed by atoms with E-state index in [4.69, 9.17) is 4.74 Å². The van der Waals surface area contributed by atoms with Gasteiger partial charge in [0.1, 0.15) is 0 Å². The molecule has 1 atom stereocenters. The normalized spacial score (nSPS) is 26.1. The van der Waals surface area contributed by atoms with Gasteiger partial charge in [-0.3, -0.25) is 4.79 Å². The number of Topliss-reactive ketones (excluding diaryl/α,β-unsaturated/α-hetero) is 1. The average molecular weight is 280 g/mol. The summed E-state index contributed by atoms with van der Waals surface area (Å²) in [7, 11) is 1.74. The van der Waals surface area contributed by atoms with Crippen LogP contribution in [0, 0.1) is 5.41 Å². The van der Waals surface area contributed by atoms with Crippen molar-refractivity contribution in [2.75, 3.05) is 7.11 Å². The topological polar surface area (TPSA) is 26.3 Å². The van der Waals surface area contributed by atoms with Crippen LogP contribution in [0.1, 0.15) is 30.4 Å². The molecule has 2 nitrogen and oxygen atoms in total. The van der Waals surface area contributed by atoms with E-state index in [0.29, 0.717) is 5.78 Å². The third kappa shape index (κ3) is 1.93. The first-order valence-electron chi connectivity index (χ1n) is 7.77. The van der Waals surface area contributed by atoms with Gasteiger partial charge in [-0.1, -0.05) is 36.4 Å². The van der Waals surface area contributed by atoms with E-state index in [1.54, 1.807) is 7.11 Å². The van der Waals surface area contributed by atoms with Crippen molar-refractivity contribution in [2.45, 2.75) is 38.2 Å². The van der Waals surface area contributed by atoms with Gasteiger partial charge in [-0.15, -0.1) is 0 Å². The van der Waals surface area contributed by atoms with Crippen molar-refractivity contribution in [1.29, 1.82) is 0 Å². The molecule has 0 saturated heterocycles. The lowest BCUT2D eigenvalue weighted by Crippen LogP contribution is -2.38. The van der Waals surface area contributed by atoms with E-state index in [-0.39, 0.29) is 11.5 Å². The third-order valence-electron chi connectivity index (χ3n) is 5.37. The number of benzene rings is 1. The fraction of sp³-hybridized carbons (Fsp3) is 0.421. The number of hydrogen-bond donors (Lipinski definition) is 0. The molecule has 1 aromatic carbocycles. The van der Waals surface area contributed by atoms with Crippen LogP contribution in [0.15, 0.2) is 47.6 Å². The fourth-order valence-corrected chi connectivity index (χ4v) is 4.17. The summed E-state index contributed by atoms with van der Waals surface area (Å²) in [5.41, 5.74) is 4.74. The van der Waals surface area contributed by atoms with Gasteiger partial charge in [-0.2, -0.15) is 0 Å². The molecule has 4 rings (SSSR count). The zero-order chi connectivity index (χ0) is 14.4. The van der Waals surface area contributed by atoms with Gasteiger partial charge in [0.25, 0.3) is 0 Å². The molecule has 0 radical (unpaired) electrons.